The van der Waals surface area contributed by atoms with Gasteiger partial charge in [-0.15, -0.1) is 13.2 Å². The first-order valence-electron chi connectivity index (χ1n) is 27.8. The molecule has 0 aliphatic heterocycles. The van der Waals surface area contributed by atoms with Gasteiger partial charge in [0.2, 0.25) is 0 Å². The normalized spacial score (nSPS) is 12.1. The number of nitrogens with zero attached hydrogens (tertiary/aromatic N) is 1. The lowest BCUT2D eigenvalue weighted by atomic mass is 9.92. The first kappa shape index (κ1) is 70.8. The summed E-state index contributed by atoms with van der Waals surface area (Å²) >= 11 is 0. The quantitative estimate of drug-likeness (QED) is 0.0490. The van der Waals surface area contributed by atoms with Crippen LogP contribution >= 0.6 is 0 Å². The van der Waals surface area contributed by atoms with Crippen molar-refractivity contribution in [1.29, 1.82) is 0 Å². The number of aliphatic hydroxyl groups excluding tert-OH is 1. The second kappa shape index (κ2) is 67.4. The Kier molecular flexibility index (Phi) is 75.7. The van der Waals surface area contributed by atoms with Crippen LogP contribution in [0.5, 0.6) is 0 Å². The minimum absolute atomic E-state index is 0.223. The number of rotatable bonds is 42. The summed E-state index contributed by atoms with van der Waals surface area (Å²) in [6.07, 6.45) is 52.2. The molecule has 0 radical (unpaired) electrons. The van der Waals surface area contributed by atoms with Crippen molar-refractivity contribution in [3.8, 4) is 0 Å². The van der Waals surface area contributed by atoms with Crippen LogP contribution in [0.4, 0.5) is 0 Å². The minimum Gasteiger partial charge on any atom is -0.392 e. The maximum Gasteiger partial charge on any atom is 0.129 e. The number of ether oxygens (including phenoxy) is 1. The summed E-state index contributed by atoms with van der Waals surface area (Å²) in [5, 5.41) is 10.1. The van der Waals surface area contributed by atoms with E-state index >= 15 is 0 Å². The molecule has 3 unspecified atom stereocenters. The van der Waals surface area contributed by atoms with E-state index in [1.807, 2.05) is 46.1 Å². The first-order chi connectivity index (χ1) is 30.6. The maximum atomic E-state index is 10.9. The standard InChI is InChI=1S/C18H35NO2.C17H36O.C17H36.C4H8.C3H6/c1-4-6-9-13-18(21)16-19(14-7-5-2)15-11-8-10-12-17(3)20;1-4-6-8-10-11-13-15-17(16-18-3)14-12-9-7-5-2;1-4-7-9-11-12-14-16-17(6-3)15-13-10-8-5-2;1-3-4-2;1-3-2/h4,18,21H,1,5-16H2,2-3H3;17H,4-16H2,1-3H3;17H,4-16H2,1-3H3;3-4H,1-2H3;3H,1H2,2H3/b;;;4-3-;. The van der Waals surface area contributed by atoms with Crippen LogP contribution in [0, 0.1) is 11.8 Å². The summed E-state index contributed by atoms with van der Waals surface area (Å²) in [7, 11) is 1.85. The molecule has 1 N–H and O–H groups in total. The lowest BCUT2D eigenvalue weighted by Crippen LogP contribution is -2.34. The van der Waals surface area contributed by atoms with Crippen molar-refractivity contribution in [2.24, 2.45) is 11.8 Å². The van der Waals surface area contributed by atoms with Crippen molar-refractivity contribution in [3.63, 3.8) is 0 Å². The van der Waals surface area contributed by atoms with Crippen LogP contribution in [0.2, 0.25) is 0 Å². The lowest BCUT2D eigenvalue weighted by molar-refractivity contribution is -0.117. The molecule has 380 valence electrons. The highest BCUT2D eigenvalue weighted by Gasteiger charge is 2.11. The van der Waals surface area contributed by atoms with E-state index in [2.05, 4.69) is 59.6 Å². The van der Waals surface area contributed by atoms with E-state index in [0.717, 1.165) is 76.6 Å². The number of ketones is 1. The van der Waals surface area contributed by atoms with Gasteiger partial charge < -0.3 is 19.5 Å². The summed E-state index contributed by atoms with van der Waals surface area (Å²) < 4.78 is 5.36. The third-order valence-corrected chi connectivity index (χ3v) is 11.9. The van der Waals surface area contributed by atoms with Gasteiger partial charge in [-0.25, -0.2) is 0 Å². The van der Waals surface area contributed by atoms with Crippen molar-refractivity contribution in [2.75, 3.05) is 33.4 Å². The van der Waals surface area contributed by atoms with Crippen LogP contribution in [0.1, 0.15) is 288 Å². The number of carbonyl (C=O) groups excluding carboxylic acids is 1. The number of carbonyl (C=O) groups is 1. The number of unbranched alkanes of at least 4 members (excludes halogenated alkanes) is 20. The highest BCUT2D eigenvalue weighted by atomic mass is 16.5. The first-order valence-corrected chi connectivity index (χ1v) is 27.8. The maximum absolute atomic E-state index is 10.9. The molecular formula is C59H121NO3. The number of Topliss-reactive ketones (excluding diaryl/α,β-unsaturated/α-hetero) is 1. The van der Waals surface area contributed by atoms with E-state index in [0.29, 0.717) is 6.42 Å². The van der Waals surface area contributed by atoms with Crippen molar-refractivity contribution in [3.05, 3.63) is 37.5 Å². The molecule has 0 spiro atoms. The highest BCUT2D eigenvalue weighted by molar-refractivity contribution is 5.75. The zero-order valence-electron chi connectivity index (χ0n) is 45.5. The Morgan fingerprint density at radius 2 is 0.921 bits per heavy atom. The Balaban J connectivity index is -0.000000249. The van der Waals surface area contributed by atoms with Crippen LogP contribution in [0.15, 0.2) is 37.5 Å². The Hall–Kier alpha value is -1.23. The zero-order chi connectivity index (χ0) is 48.3. The van der Waals surface area contributed by atoms with Crippen LogP contribution in [0.3, 0.4) is 0 Å². The predicted molar refractivity (Wildman–Crippen MR) is 290 cm³/mol. The van der Waals surface area contributed by atoms with Gasteiger partial charge in [0.1, 0.15) is 5.78 Å². The van der Waals surface area contributed by atoms with Crippen LogP contribution < -0.4 is 0 Å². The summed E-state index contributed by atoms with van der Waals surface area (Å²) in [6.45, 7) is 32.2. The van der Waals surface area contributed by atoms with Crippen molar-refractivity contribution in [2.45, 2.75) is 294 Å². The number of hydrogen-bond acceptors (Lipinski definition) is 4. The Morgan fingerprint density at radius 3 is 1.30 bits per heavy atom. The number of hydrogen-bond donors (Lipinski definition) is 1. The molecule has 0 fully saturated rings. The minimum atomic E-state index is -0.223. The molecule has 0 aromatic rings. The monoisotopic (exact) mass is 892 g/mol. The average molecular weight is 893 g/mol. The molecule has 0 saturated carbocycles. The third-order valence-electron chi connectivity index (χ3n) is 11.9. The van der Waals surface area contributed by atoms with E-state index in [1.54, 1.807) is 13.0 Å². The largest absolute Gasteiger partial charge is 0.392 e. The Bertz CT molecular complexity index is 837. The van der Waals surface area contributed by atoms with E-state index in [4.69, 9.17) is 4.74 Å². The lowest BCUT2D eigenvalue weighted by Gasteiger charge is -2.25. The summed E-state index contributed by atoms with van der Waals surface area (Å²) in [5.74, 6) is 2.13. The van der Waals surface area contributed by atoms with Gasteiger partial charge >= 0.3 is 0 Å². The third kappa shape index (κ3) is 72.6. The van der Waals surface area contributed by atoms with Gasteiger partial charge in [-0.05, 0) is 104 Å². The molecule has 3 atom stereocenters. The van der Waals surface area contributed by atoms with E-state index in [-0.39, 0.29) is 11.9 Å². The van der Waals surface area contributed by atoms with Crippen molar-refractivity contribution < 1.29 is 14.6 Å². The molecule has 4 heteroatoms. The molecule has 0 saturated heterocycles. The number of aliphatic hydroxyl groups is 1. The van der Waals surface area contributed by atoms with E-state index in [1.165, 1.54) is 173 Å². The molecule has 0 amide bonds. The van der Waals surface area contributed by atoms with Gasteiger partial charge in [0.25, 0.3) is 0 Å². The van der Waals surface area contributed by atoms with Gasteiger partial charge in [0.05, 0.1) is 6.10 Å². The van der Waals surface area contributed by atoms with Crippen LogP contribution in [-0.2, 0) is 9.53 Å². The van der Waals surface area contributed by atoms with Gasteiger partial charge in [-0.2, -0.15) is 0 Å². The molecule has 0 aromatic carbocycles. The Morgan fingerprint density at radius 1 is 0.540 bits per heavy atom. The van der Waals surface area contributed by atoms with Crippen molar-refractivity contribution in [1.82, 2.24) is 4.90 Å². The molecular weight excluding hydrogens is 771 g/mol. The molecule has 4 nitrogen and oxygen atoms in total. The van der Waals surface area contributed by atoms with Gasteiger partial charge in [-0.1, -0.05) is 226 Å². The topological polar surface area (TPSA) is 49.8 Å². The number of allylic oxidation sites excluding steroid dienone is 4. The molecule has 63 heavy (non-hydrogen) atoms. The average Bonchev–Trinajstić information content (AvgIpc) is 3.27. The van der Waals surface area contributed by atoms with Gasteiger partial charge in [0, 0.05) is 26.7 Å². The molecule has 0 bridgehead atoms. The van der Waals surface area contributed by atoms with Gasteiger partial charge in [-0.3, -0.25) is 0 Å². The Labute approximate surface area is 400 Å². The summed E-state index contributed by atoms with van der Waals surface area (Å²) in [4.78, 5) is 13.3. The van der Waals surface area contributed by atoms with Crippen LogP contribution in [-0.4, -0.2) is 55.2 Å². The van der Waals surface area contributed by atoms with Gasteiger partial charge in [0.15, 0.2) is 0 Å². The fraction of sp³-hybridized carbons (Fsp3) is 0.881. The molecule has 0 rings (SSSR count). The smallest absolute Gasteiger partial charge is 0.129 e. The second-order valence-corrected chi connectivity index (χ2v) is 18.5. The van der Waals surface area contributed by atoms with Crippen molar-refractivity contribution >= 4 is 5.78 Å². The zero-order valence-corrected chi connectivity index (χ0v) is 45.5. The number of methoxy groups -OCH3 is 1. The molecule has 0 heterocycles. The summed E-state index contributed by atoms with van der Waals surface area (Å²) in [6, 6.07) is 0. The summed E-state index contributed by atoms with van der Waals surface area (Å²) in [5.41, 5.74) is 0. The fourth-order valence-electron chi connectivity index (χ4n) is 7.69. The second-order valence-electron chi connectivity index (χ2n) is 18.5. The fourth-order valence-corrected chi connectivity index (χ4v) is 7.69. The van der Waals surface area contributed by atoms with E-state index in [9.17, 15) is 9.90 Å². The SMILES string of the molecule is C/C=C\C.C=CC.C=CCCCC(O)CN(CCCC)CCCCCC(C)=O.CCCCCCCCC(CC)CCCCCC.CCCCCCCCC(CCCCCC)COC. The molecule has 0 aliphatic carbocycles. The molecule has 0 aromatic heterocycles. The molecule has 0 aliphatic rings. The predicted octanol–water partition coefficient (Wildman–Crippen LogP) is 19.4. The van der Waals surface area contributed by atoms with Crippen LogP contribution in [0.25, 0.3) is 0 Å². The van der Waals surface area contributed by atoms with E-state index < -0.39 is 0 Å². The highest BCUT2D eigenvalue weighted by Crippen LogP contribution is 2.22.